The second-order valence-electron chi connectivity index (χ2n) is 17.0. The number of rotatable bonds is 9. The van der Waals surface area contributed by atoms with Crippen LogP contribution < -0.4 is 15.5 Å². The van der Waals surface area contributed by atoms with E-state index >= 15 is 0 Å². The van der Waals surface area contributed by atoms with Crippen molar-refractivity contribution in [1.82, 2.24) is 9.80 Å². The lowest BCUT2D eigenvalue weighted by Gasteiger charge is -2.31. The van der Waals surface area contributed by atoms with Crippen LogP contribution in [0.2, 0.25) is 0 Å². The van der Waals surface area contributed by atoms with Gasteiger partial charge in [-0.3, -0.25) is 19.4 Å². The highest BCUT2D eigenvalue weighted by Crippen LogP contribution is 2.41. The van der Waals surface area contributed by atoms with Gasteiger partial charge in [0.1, 0.15) is 23.3 Å². The van der Waals surface area contributed by atoms with E-state index < -0.39 is 45.0 Å². The van der Waals surface area contributed by atoms with Crippen molar-refractivity contribution in [2.45, 2.75) is 115 Å². The molecule has 2 fully saturated rings. The normalized spacial score (nSPS) is 19.1. The van der Waals surface area contributed by atoms with Gasteiger partial charge in [-0.1, -0.05) is 42.5 Å². The van der Waals surface area contributed by atoms with Crippen LogP contribution in [0.3, 0.4) is 0 Å². The van der Waals surface area contributed by atoms with Crippen LogP contribution in [0.15, 0.2) is 78.9 Å². The Hall–Kier alpha value is -4.36. The number of hydrogen-bond acceptors (Lipinski definition) is 9. The number of nitrogens with zero attached hydrogens (tertiary/aromatic N) is 3. The van der Waals surface area contributed by atoms with Gasteiger partial charge in [0, 0.05) is 39.6 Å². The van der Waals surface area contributed by atoms with Crippen LogP contribution in [0, 0.1) is 0 Å². The van der Waals surface area contributed by atoms with E-state index in [1.165, 1.54) is 9.80 Å². The molecule has 0 radical (unpaired) electrons. The van der Waals surface area contributed by atoms with Crippen molar-refractivity contribution in [2.75, 3.05) is 27.3 Å². The highest BCUT2D eigenvalue weighted by molar-refractivity contribution is 8.01. The third-order valence-electron chi connectivity index (χ3n) is 9.16. The van der Waals surface area contributed by atoms with E-state index in [0.717, 1.165) is 16.8 Å². The van der Waals surface area contributed by atoms with Gasteiger partial charge < -0.3 is 25.0 Å². The molecule has 5 rings (SSSR count). The van der Waals surface area contributed by atoms with Crippen LogP contribution in [0.1, 0.15) is 80.4 Å². The Bertz CT molecular complexity index is 1720. The summed E-state index contributed by atoms with van der Waals surface area (Å²) in [5.41, 5.74) is 3.09. The van der Waals surface area contributed by atoms with Gasteiger partial charge in [0.25, 0.3) is 0 Å². The Morgan fingerprint density at radius 2 is 1.00 bits per heavy atom. The average Bonchev–Trinajstić information content (AvgIpc) is 3.59. The molecule has 2 aliphatic heterocycles. The van der Waals surface area contributed by atoms with Gasteiger partial charge >= 0.3 is 12.2 Å². The summed E-state index contributed by atoms with van der Waals surface area (Å²) in [6.45, 7) is 20.0. The topological polar surface area (TPSA) is 121 Å². The number of para-hydroxylation sites is 1. The van der Waals surface area contributed by atoms with E-state index in [9.17, 15) is 19.2 Å². The summed E-state index contributed by atoms with van der Waals surface area (Å²) in [6.07, 6.45) is -0.999. The first-order valence-electron chi connectivity index (χ1n) is 18.5. The van der Waals surface area contributed by atoms with E-state index in [1.54, 1.807) is 23.5 Å². The molecular weight excluding hydrogens is 735 g/mol. The summed E-state index contributed by atoms with van der Waals surface area (Å²) in [5.74, 6) is 0.229. The molecular formula is C42H55N5O6S2. The molecule has 3 aromatic carbocycles. The van der Waals surface area contributed by atoms with Crippen LogP contribution in [0.5, 0.6) is 0 Å². The van der Waals surface area contributed by atoms with Crippen molar-refractivity contribution >= 4 is 64.6 Å². The Kier molecular flexibility index (Phi) is 12.5. The number of carbonyl (C=O) groups excluding carboxylic acids is 4. The molecule has 2 aliphatic rings. The fourth-order valence-corrected chi connectivity index (χ4v) is 8.76. The van der Waals surface area contributed by atoms with Gasteiger partial charge in [0.2, 0.25) is 11.8 Å². The van der Waals surface area contributed by atoms with Crippen molar-refractivity contribution < 1.29 is 28.7 Å². The molecule has 0 spiro atoms. The number of thioether (sulfide) groups is 2. The molecule has 296 valence electrons. The predicted octanol–water partition coefficient (Wildman–Crippen LogP) is 8.95. The molecule has 0 bridgehead atoms. The largest absolute Gasteiger partial charge is 0.444 e. The fraction of sp³-hybridized carbons (Fsp3) is 0.476. The lowest BCUT2D eigenvalue weighted by Crippen LogP contribution is -2.52. The van der Waals surface area contributed by atoms with E-state index in [1.807, 2.05) is 136 Å². The average molecular weight is 790 g/mol. The van der Waals surface area contributed by atoms with Gasteiger partial charge in [-0.05, 0) is 117 Å². The first-order valence-corrected chi connectivity index (χ1v) is 20.5. The molecule has 55 heavy (non-hydrogen) atoms. The first-order chi connectivity index (χ1) is 25.6. The van der Waals surface area contributed by atoms with Crippen LogP contribution in [-0.4, -0.2) is 78.3 Å². The van der Waals surface area contributed by atoms with Gasteiger partial charge in [0.15, 0.2) is 0 Å². The molecule has 2 heterocycles. The van der Waals surface area contributed by atoms with Crippen molar-refractivity contribution in [1.29, 1.82) is 0 Å². The molecule has 2 unspecified atom stereocenters. The predicted molar refractivity (Wildman–Crippen MR) is 223 cm³/mol. The molecule has 4 amide bonds. The van der Waals surface area contributed by atoms with Crippen molar-refractivity contribution in [3.8, 4) is 0 Å². The van der Waals surface area contributed by atoms with E-state index in [2.05, 4.69) is 27.7 Å². The summed E-state index contributed by atoms with van der Waals surface area (Å²) < 4.78 is 10.2. The SMILES string of the molecule is CC(C)(C)OC(=O)N1CSC(C)(C)C1C(=O)Nc1ccc(CN(Cc2ccc(NC(=O)C3N(C(=O)OC(C)(C)C)CSC3(C)C)cc2)c2ccccc2)cc1. The molecule has 11 nitrogen and oxygen atoms in total. The number of amides is 4. The molecule has 2 N–H and O–H groups in total. The lowest BCUT2D eigenvalue weighted by atomic mass is 10.0. The van der Waals surface area contributed by atoms with Crippen molar-refractivity contribution in [3.63, 3.8) is 0 Å². The van der Waals surface area contributed by atoms with Crippen LogP contribution in [-0.2, 0) is 32.2 Å². The highest BCUT2D eigenvalue weighted by Gasteiger charge is 2.50. The lowest BCUT2D eigenvalue weighted by molar-refractivity contribution is -0.122. The molecule has 3 aromatic rings. The third kappa shape index (κ3) is 10.9. The quantitative estimate of drug-likeness (QED) is 0.219. The van der Waals surface area contributed by atoms with Crippen LogP contribution in [0.25, 0.3) is 0 Å². The number of nitrogens with one attached hydrogen (secondary N) is 2. The number of carbonyl (C=O) groups is 4. The van der Waals surface area contributed by atoms with Gasteiger partial charge in [-0.25, -0.2) is 9.59 Å². The zero-order valence-corrected chi connectivity index (χ0v) is 35.2. The molecule has 0 aromatic heterocycles. The maximum absolute atomic E-state index is 13.6. The van der Waals surface area contributed by atoms with Gasteiger partial charge in [-0.15, -0.1) is 23.5 Å². The Morgan fingerprint density at radius 3 is 1.35 bits per heavy atom. The van der Waals surface area contributed by atoms with Gasteiger partial charge in [0.05, 0.1) is 11.8 Å². The Balaban J connectivity index is 1.24. The maximum Gasteiger partial charge on any atom is 0.411 e. The molecule has 13 heteroatoms. The highest BCUT2D eigenvalue weighted by atomic mass is 32.2. The maximum atomic E-state index is 13.6. The summed E-state index contributed by atoms with van der Waals surface area (Å²) in [7, 11) is 0. The minimum atomic E-state index is -0.694. The number of anilines is 3. The van der Waals surface area contributed by atoms with E-state index in [4.69, 9.17) is 9.47 Å². The minimum Gasteiger partial charge on any atom is -0.444 e. The van der Waals surface area contributed by atoms with Gasteiger partial charge in [-0.2, -0.15) is 0 Å². The molecule has 2 saturated heterocycles. The second-order valence-corrected chi connectivity index (χ2v) is 20.2. The fourth-order valence-electron chi connectivity index (χ4n) is 6.53. The van der Waals surface area contributed by atoms with Crippen molar-refractivity contribution in [3.05, 3.63) is 90.0 Å². The van der Waals surface area contributed by atoms with Crippen LogP contribution >= 0.6 is 23.5 Å². The van der Waals surface area contributed by atoms with E-state index in [0.29, 0.717) is 36.2 Å². The van der Waals surface area contributed by atoms with Crippen LogP contribution in [0.4, 0.5) is 26.7 Å². The number of ether oxygens (including phenoxy) is 2. The standard InChI is InChI=1S/C42H55N5O6S2/c1-39(2,3)52-37(50)46-26-54-41(7,8)33(46)35(48)43-30-20-16-28(17-21-30)24-45(32-14-12-11-13-15-32)25-29-18-22-31(23-19-29)44-36(49)34-42(9,10)55-27-47(34)38(51)53-40(4,5)6/h11-23,33-34H,24-27H2,1-10H3,(H,43,48)(H,44,49). The Labute approximate surface area is 334 Å². The summed E-state index contributed by atoms with van der Waals surface area (Å²) in [4.78, 5) is 58.4. The first kappa shape index (κ1) is 41.8. The zero-order chi connectivity index (χ0) is 40.3. The second kappa shape index (κ2) is 16.4. The molecule has 0 aliphatic carbocycles. The zero-order valence-electron chi connectivity index (χ0n) is 33.6. The molecule has 0 saturated carbocycles. The third-order valence-corrected chi connectivity index (χ3v) is 11.9. The Morgan fingerprint density at radius 1 is 0.636 bits per heavy atom. The van der Waals surface area contributed by atoms with Crippen molar-refractivity contribution in [2.24, 2.45) is 0 Å². The smallest absolute Gasteiger partial charge is 0.411 e. The number of benzene rings is 3. The summed E-state index contributed by atoms with van der Waals surface area (Å²) in [5, 5.41) is 6.05. The monoisotopic (exact) mass is 789 g/mol. The van der Waals surface area contributed by atoms with E-state index in [-0.39, 0.29) is 11.8 Å². The summed E-state index contributed by atoms with van der Waals surface area (Å²) in [6, 6.07) is 24.3. The number of hydrogen-bond donors (Lipinski definition) is 2. The minimum absolute atomic E-state index is 0.259. The molecule has 2 atom stereocenters. The summed E-state index contributed by atoms with van der Waals surface area (Å²) >= 11 is 3.10.